The fourth-order valence-corrected chi connectivity index (χ4v) is 1.13. The van der Waals surface area contributed by atoms with Gasteiger partial charge in [-0.25, -0.2) is 0 Å². The molecule has 0 saturated carbocycles. The highest BCUT2D eigenvalue weighted by atomic mass is 14.9. The van der Waals surface area contributed by atoms with Gasteiger partial charge in [-0.1, -0.05) is 6.58 Å². The number of nitrogens with two attached hydrogens (primary N) is 1. The summed E-state index contributed by atoms with van der Waals surface area (Å²) in [5, 5.41) is 0. The molecule has 2 heteroatoms. The number of hydrogen-bond donors (Lipinski definition) is 1. The van der Waals surface area contributed by atoms with Gasteiger partial charge in [0.1, 0.15) is 0 Å². The SMILES string of the molecule is C=C(CCN)c1cccn1C. The number of nitrogens with zero attached hydrogens (tertiary/aromatic N) is 1. The number of aromatic nitrogens is 1. The van der Waals surface area contributed by atoms with Crippen molar-refractivity contribution >= 4 is 5.57 Å². The molecule has 2 N–H and O–H groups in total. The zero-order valence-corrected chi connectivity index (χ0v) is 6.88. The summed E-state index contributed by atoms with van der Waals surface area (Å²) in [6.07, 6.45) is 2.88. The first-order chi connectivity index (χ1) is 5.25. The first kappa shape index (κ1) is 8.08. The van der Waals surface area contributed by atoms with Crippen LogP contribution in [0.25, 0.3) is 5.57 Å². The van der Waals surface area contributed by atoms with Crippen molar-refractivity contribution in [1.82, 2.24) is 4.57 Å². The minimum atomic E-state index is 0.671. The largest absolute Gasteiger partial charge is 0.351 e. The summed E-state index contributed by atoms with van der Waals surface area (Å²) in [5.74, 6) is 0. The van der Waals surface area contributed by atoms with Gasteiger partial charge in [0.25, 0.3) is 0 Å². The van der Waals surface area contributed by atoms with Crippen molar-refractivity contribution in [2.75, 3.05) is 6.54 Å². The van der Waals surface area contributed by atoms with Crippen molar-refractivity contribution in [3.63, 3.8) is 0 Å². The van der Waals surface area contributed by atoms with Gasteiger partial charge in [0.2, 0.25) is 0 Å². The van der Waals surface area contributed by atoms with E-state index in [1.54, 1.807) is 0 Å². The predicted octanol–water partition coefficient (Wildman–Crippen LogP) is 1.39. The van der Waals surface area contributed by atoms with E-state index in [1.165, 1.54) is 5.69 Å². The third-order valence-corrected chi connectivity index (χ3v) is 1.75. The zero-order valence-electron chi connectivity index (χ0n) is 6.88. The molecule has 2 nitrogen and oxygen atoms in total. The van der Waals surface area contributed by atoms with E-state index in [0.29, 0.717) is 6.54 Å². The summed E-state index contributed by atoms with van der Waals surface area (Å²) >= 11 is 0. The Hall–Kier alpha value is -1.02. The lowest BCUT2D eigenvalue weighted by atomic mass is 10.1. The lowest BCUT2D eigenvalue weighted by Gasteiger charge is -2.04. The van der Waals surface area contributed by atoms with Crippen LogP contribution in [0.4, 0.5) is 0 Å². The summed E-state index contributed by atoms with van der Waals surface area (Å²) in [6.45, 7) is 4.62. The van der Waals surface area contributed by atoms with E-state index >= 15 is 0 Å². The summed E-state index contributed by atoms with van der Waals surface area (Å²) in [4.78, 5) is 0. The van der Waals surface area contributed by atoms with Gasteiger partial charge in [-0.2, -0.15) is 0 Å². The summed E-state index contributed by atoms with van der Waals surface area (Å²) in [6, 6.07) is 4.06. The van der Waals surface area contributed by atoms with Gasteiger partial charge in [0, 0.05) is 18.9 Å². The van der Waals surface area contributed by atoms with Crippen molar-refractivity contribution in [3.8, 4) is 0 Å². The Morgan fingerprint density at radius 1 is 1.73 bits per heavy atom. The molecule has 0 amide bonds. The van der Waals surface area contributed by atoms with Crippen LogP contribution in [0.1, 0.15) is 12.1 Å². The summed E-state index contributed by atoms with van der Waals surface area (Å²) in [5.41, 5.74) is 7.70. The molecule has 0 unspecified atom stereocenters. The topological polar surface area (TPSA) is 30.9 Å². The molecule has 1 heterocycles. The maximum absolute atomic E-state index is 5.42. The second kappa shape index (κ2) is 3.39. The second-order valence-electron chi connectivity index (χ2n) is 2.65. The van der Waals surface area contributed by atoms with Crippen LogP contribution in [-0.2, 0) is 7.05 Å². The fourth-order valence-electron chi connectivity index (χ4n) is 1.13. The molecular formula is C9H14N2. The number of rotatable bonds is 3. The highest BCUT2D eigenvalue weighted by Gasteiger charge is 1.99. The molecular weight excluding hydrogens is 136 g/mol. The third kappa shape index (κ3) is 1.71. The van der Waals surface area contributed by atoms with Crippen LogP contribution in [0.15, 0.2) is 24.9 Å². The Morgan fingerprint density at radius 3 is 2.91 bits per heavy atom. The fraction of sp³-hybridized carbons (Fsp3) is 0.333. The second-order valence-corrected chi connectivity index (χ2v) is 2.65. The molecule has 0 saturated heterocycles. The van der Waals surface area contributed by atoms with E-state index in [9.17, 15) is 0 Å². The minimum Gasteiger partial charge on any atom is -0.351 e. The number of aryl methyl sites for hydroxylation is 1. The Morgan fingerprint density at radius 2 is 2.45 bits per heavy atom. The van der Waals surface area contributed by atoms with E-state index in [-0.39, 0.29) is 0 Å². The van der Waals surface area contributed by atoms with Crippen molar-refractivity contribution in [2.24, 2.45) is 12.8 Å². The van der Waals surface area contributed by atoms with Crippen LogP contribution in [0.5, 0.6) is 0 Å². The van der Waals surface area contributed by atoms with E-state index in [1.807, 2.05) is 19.3 Å². The van der Waals surface area contributed by atoms with Gasteiger partial charge in [-0.15, -0.1) is 0 Å². The molecule has 0 aliphatic carbocycles. The first-order valence-corrected chi connectivity index (χ1v) is 3.75. The molecule has 1 rings (SSSR count). The molecule has 11 heavy (non-hydrogen) atoms. The van der Waals surface area contributed by atoms with E-state index < -0.39 is 0 Å². The molecule has 1 aromatic rings. The normalized spacial score (nSPS) is 10.0. The molecule has 0 aliphatic heterocycles. The molecule has 0 aliphatic rings. The molecule has 0 radical (unpaired) electrons. The average Bonchev–Trinajstić information content (AvgIpc) is 2.36. The van der Waals surface area contributed by atoms with E-state index in [0.717, 1.165) is 12.0 Å². The highest BCUT2D eigenvalue weighted by Crippen LogP contribution is 2.14. The lowest BCUT2D eigenvalue weighted by Crippen LogP contribution is -2.01. The van der Waals surface area contributed by atoms with E-state index in [2.05, 4.69) is 17.2 Å². The van der Waals surface area contributed by atoms with Crippen molar-refractivity contribution in [2.45, 2.75) is 6.42 Å². The Kier molecular flexibility index (Phi) is 2.49. The zero-order chi connectivity index (χ0) is 8.27. The van der Waals surface area contributed by atoms with Crippen molar-refractivity contribution < 1.29 is 0 Å². The molecule has 0 bridgehead atoms. The van der Waals surface area contributed by atoms with Gasteiger partial charge in [-0.05, 0) is 30.7 Å². The highest BCUT2D eigenvalue weighted by molar-refractivity contribution is 5.60. The summed E-state index contributed by atoms with van der Waals surface area (Å²) < 4.78 is 2.05. The van der Waals surface area contributed by atoms with Gasteiger partial charge < -0.3 is 10.3 Å². The van der Waals surface area contributed by atoms with Crippen LogP contribution in [0.3, 0.4) is 0 Å². The molecule has 1 aromatic heterocycles. The third-order valence-electron chi connectivity index (χ3n) is 1.75. The van der Waals surface area contributed by atoms with Gasteiger partial charge in [-0.3, -0.25) is 0 Å². The van der Waals surface area contributed by atoms with Gasteiger partial charge in [0.05, 0.1) is 0 Å². The molecule has 60 valence electrons. The van der Waals surface area contributed by atoms with Gasteiger partial charge >= 0.3 is 0 Å². The Labute approximate surface area is 67.3 Å². The Bertz CT molecular complexity index is 248. The Balaban J connectivity index is 2.76. The van der Waals surface area contributed by atoms with Crippen molar-refractivity contribution in [1.29, 1.82) is 0 Å². The van der Waals surface area contributed by atoms with Crippen LogP contribution in [0, 0.1) is 0 Å². The smallest absolute Gasteiger partial charge is 0.0431 e. The number of hydrogen-bond acceptors (Lipinski definition) is 1. The molecule has 0 atom stereocenters. The van der Waals surface area contributed by atoms with Crippen LogP contribution in [0.2, 0.25) is 0 Å². The minimum absolute atomic E-state index is 0.671. The van der Waals surface area contributed by atoms with Crippen LogP contribution < -0.4 is 5.73 Å². The van der Waals surface area contributed by atoms with Gasteiger partial charge in [0.15, 0.2) is 0 Å². The monoisotopic (exact) mass is 150 g/mol. The maximum atomic E-state index is 5.42. The van der Waals surface area contributed by atoms with E-state index in [4.69, 9.17) is 5.73 Å². The maximum Gasteiger partial charge on any atom is 0.0431 e. The first-order valence-electron chi connectivity index (χ1n) is 3.75. The van der Waals surface area contributed by atoms with Crippen molar-refractivity contribution in [3.05, 3.63) is 30.6 Å². The average molecular weight is 150 g/mol. The standard InChI is InChI=1S/C9H14N2/c1-8(5-6-10)9-4-3-7-11(9)2/h3-4,7H,1,5-6,10H2,2H3. The molecule has 0 fully saturated rings. The molecule has 0 aromatic carbocycles. The quantitative estimate of drug-likeness (QED) is 0.693. The molecule has 0 spiro atoms. The predicted molar refractivity (Wildman–Crippen MR) is 48.1 cm³/mol. The summed E-state index contributed by atoms with van der Waals surface area (Å²) in [7, 11) is 2.01. The van der Waals surface area contributed by atoms with Crippen LogP contribution >= 0.6 is 0 Å². The van der Waals surface area contributed by atoms with Crippen LogP contribution in [-0.4, -0.2) is 11.1 Å². The lowest BCUT2D eigenvalue weighted by molar-refractivity contribution is 0.893.